The molecule has 2 N–H and O–H groups in total. The van der Waals surface area contributed by atoms with E-state index in [1.165, 1.54) is 7.11 Å². The van der Waals surface area contributed by atoms with Crippen molar-refractivity contribution in [3.05, 3.63) is 41.1 Å². The van der Waals surface area contributed by atoms with Crippen molar-refractivity contribution in [2.45, 2.75) is 59.9 Å². The molecule has 30 heavy (non-hydrogen) atoms. The van der Waals surface area contributed by atoms with Gasteiger partial charge in [0.1, 0.15) is 0 Å². The van der Waals surface area contributed by atoms with Gasteiger partial charge in [0.15, 0.2) is 0 Å². The molecule has 0 saturated carbocycles. The summed E-state index contributed by atoms with van der Waals surface area (Å²) in [6, 6.07) is 6.31. The van der Waals surface area contributed by atoms with Gasteiger partial charge in [-0.25, -0.2) is 9.59 Å². The Morgan fingerprint density at radius 1 is 1.20 bits per heavy atom. The molecule has 0 saturated heterocycles. The Labute approximate surface area is 178 Å². The van der Waals surface area contributed by atoms with Crippen molar-refractivity contribution >= 4 is 23.6 Å². The van der Waals surface area contributed by atoms with Gasteiger partial charge in [-0.2, -0.15) is 0 Å². The largest absolute Gasteiger partial charge is 0.466 e. The number of nitrogens with one attached hydrogen (secondary N) is 2. The number of methoxy groups -OCH3 is 1. The highest BCUT2D eigenvalue weighted by molar-refractivity contribution is 5.95. The number of allylic oxidation sites excluding steroid dienone is 1. The summed E-state index contributed by atoms with van der Waals surface area (Å²) in [5, 5.41) is 5.80. The molecular formula is C23H33N3O4. The lowest BCUT2D eigenvalue weighted by Gasteiger charge is -2.35. The first-order chi connectivity index (χ1) is 14.1. The first-order valence-corrected chi connectivity index (χ1v) is 10.3. The normalized spacial score (nSPS) is 16.9. The van der Waals surface area contributed by atoms with Gasteiger partial charge in [-0.05, 0) is 36.5 Å². The van der Waals surface area contributed by atoms with E-state index in [0.717, 1.165) is 18.4 Å². The second-order valence-electron chi connectivity index (χ2n) is 8.79. The second kappa shape index (κ2) is 9.78. The number of carbonyl (C=O) groups is 3. The molecule has 1 heterocycles. The lowest BCUT2D eigenvalue weighted by molar-refractivity contribution is -0.136. The fraction of sp³-hybridized carbons (Fsp3) is 0.522. The third kappa shape index (κ3) is 5.84. The number of hydrogen-bond acceptors (Lipinski definition) is 4. The highest BCUT2D eigenvalue weighted by Gasteiger charge is 2.35. The number of benzene rings is 1. The second-order valence-corrected chi connectivity index (χ2v) is 8.79. The molecular weight excluding hydrogens is 382 g/mol. The van der Waals surface area contributed by atoms with E-state index in [9.17, 15) is 14.4 Å². The predicted molar refractivity (Wildman–Crippen MR) is 117 cm³/mol. The number of nitrogens with zero attached hydrogens (tertiary/aromatic N) is 1. The maximum Gasteiger partial charge on any atom is 0.337 e. The summed E-state index contributed by atoms with van der Waals surface area (Å²) in [5.41, 5.74) is 2.33. The summed E-state index contributed by atoms with van der Waals surface area (Å²) in [6.07, 6.45) is 2.19. The zero-order chi connectivity index (χ0) is 22.5. The Morgan fingerprint density at radius 2 is 1.83 bits per heavy atom. The van der Waals surface area contributed by atoms with E-state index in [1.54, 1.807) is 36.1 Å². The van der Waals surface area contributed by atoms with Crippen molar-refractivity contribution in [1.29, 1.82) is 0 Å². The van der Waals surface area contributed by atoms with Crippen molar-refractivity contribution in [2.24, 2.45) is 5.41 Å². The van der Waals surface area contributed by atoms with Crippen LogP contribution in [-0.4, -0.2) is 36.5 Å². The van der Waals surface area contributed by atoms with Gasteiger partial charge in [0, 0.05) is 24.4 Å². The van der Waals surface area contributed by atoms with Crippen LogP contribution in [0.4, 0.5) is 10.5 Å². The Kier molecular flexibility index (Phi) is 7.65. The maximum absolute atomic E-state index is 12.7. The number of unbranched alkanes of at least 4 members (excludes halogenated alkanes) is 1. The van der Waals surface area contributed by atoms with Crippen LogP contribution in [0.25, 0.3) is 0 Å². The summed E-state index contributed by atoms with van der Waals surface area (Å²) < 4.78 is 4.99. The van der Waals surface area contributed by atoms with Crippen LogP contribution >= 0.6 is 0 Å². The molecule has 0 radical (unpaired) electrons. The lowest BCUT2D eigenvalue weighted by Crippen LogP contribution is -2.48. The zero-order valence-electron chi connectivity index (χ0n) is 18.8. The molecule has 0 aliphatic carbocycles. The van der Waals surface area contributed by atoms with Gasteiger partial charge >= 0.3 is 12.0 Å². The first-order valence-electron chi connectivity index (χ1n) is 10.3. The zero-order valence-corrected chi connectivity index (χ0v) is 18.8. The molecule has 164 valence electrons. The van der Waals surface area contributed by atoms with Crippen LogP contribution in [0.5, 0.6) is 0 Å². The van der Waals surface area contributed by atoms with Crippen molar-refractivity contribution in [3.63, 3.8) is 0 Å². The van der Waals surface area contributed by atoms with Gasteiger partial charge in [-0.3, -0.25) is 9.69 Å². The van der Waals surface area contributed by atoms with E-state index in [0.29, 0.717) is 29.9 Å². The molecule has 0 unspecified atom stereocenters. The van der Waals surface area contributed by atoms with Crippen molar-refractivity contribution in [2.75, 3.05) is 19.0 Å². The van der Waals surface area contributed by atoms with E-state index < -0.39 is 12.0 Å². The molecule has 0 fully saturated rings. The summed E-state index contributed by atoms with van der Waals surface area (Å²) in [7, 11) is 1.33. The third-order valence-electron chi connectivity index (χ3n) is 4.96. The van der Waals surface area contributed by atoms with Gasteiger partial charge in [0.05, 0.1) is 18.7 Å². The predicted octanol–water partition coefficient (Wildman–Crippen LogP) is 4.37. The quantitative estimate of drug-likeness (QED) is 0.647. The number of urea groups is 1. The van der Waals surface area contributed by atoms with Gasteiger partial charge in [0.25, 0.3) is 0 Å². The molecule has 1 aromatic rings. The van der Waals surface area contributed by atoms with Crippen LogP contribution in [0.2, 0.25) is 0 Å². The van der Waals surface area contributed by atoms with Crippen molar-refractivity contribution in [1.82, 2.24) is 10.2 Å². The molecule has 0 aromatic heterocycles. The van der Waals surface area contributed by atoms with E-state index in [4.69, 9.17) is 4.74 Å². The van der Waals surface area contributed by atoms with Gasteiger partial charge in [-0.1, -0.05) is 46.2 Å². The Balaban J connectivity index is 2.28. The Morgan fingerprint density at radius 3 is 2.37 bits per heavy atom. The fourth-order valence-electron chi connectivity index (χ4n) is 3.44. The van der Waals surface area contributed by atoms with E-state index in [1.807, 2.05) is 27.7 Å². The minimum absolute atomic E-state index is 0.0567. The smallest absolute Gasteiger partial charge is 0.337 e. The number of ether oxygens (including phenoxy) is 1. The molecule has 0 spiro atoms. The van der Waals surface area contributed by atoms with E-state index in [-0.39, 0.29) is 17.4 Å². The average molecular weight is 416 g/mol. The molecule has 1 aromatic carbocycles. The fourth-order valence-corrected chi connectivity index (χ4v) is 3.44. The summed E-state index contributed by atoms with van der Waals surface area (Å²) in [6.45, 7) is 10.4. The average Bonchev–Trinajstić information content (AvgIpc) is 2.66. The molecule has 7 heteroatoms. The monoisotopic (exact) mass is 415 g/mol. The Hall–Kier alpha value is -2.83. The highest BCUT2D eigenvalue weighted by Crippen LogP contribution is 2.32. The van der Waals surface area contributed by atoms with Gasteiger partial charge in [-0.15, -0.1) is 0 Å². The van der Waals surface area contributed by atoms with Gasteiger partial charge < -0.3 is 15.4 Å². The summed E-state index contributed by atoms with van der Waals surface area (Å²) >= 11 is 0. The van der Waals surface area contributed by atoms with Crippen LogP contribution in [0.1, 0.15) is 65.5 Å². The number of esters is 1. The van der Waals surface area contributed by atoms with Crippen LogP contribution in [-0.2, 0) is 14.3 Å². The molecule has 1 atom stereocenters. The first kappa shape index (κ1) is 23.4. The Bertz CT molecular complexity index is 822. The van der Waals surface area contributed by atoms with Gasteiger partial charge in [0.2, 0.25) is 5.91 Å². The molecule has 0 bridgehead atoms. The number of carbonyl (C=O) groups excluding carboxylic acids is 3. The van der Waals surface area contributed by atoms with Crippen LogP contribution in [0.15, 0.2) is 35.5 Å². The third-order valence-corrected chi connectivity index (χ3v) is 4.96. The number of anilines is 1. The maximum atomic E-state index is 12.7. The van der Waals surface area contributed by atoms with Crippen molar-refractivity contribution in [3.8, 4) is 0 Å². The number of hydrogen-bond donors (Lipinski definition) is 2. The number of rotatable bonds is 7. The summed E-state index contributed by atoms with van der Waals surface area (Å²) in [5.74, 6) is -0.527. The molecule has 2 rings (SSSR count). The van der Waals surface area contributed by atoms with Crippen molar-refractivity contribution < 1.29 is 19.1 Å². The van der Waals surface area contributed by atoms with Crippen LogP contribution < -0.4 is 10.6 Å². The van der Waals surface area contributed by atoms with Crippen LogP contribution in [0, 0.1) is 5.41 Å². The van der Waals surface area contributed by atoms with E-state index in [2.05, 4.69) is 10.6 Å². The lowest BCUT2D eigenvalue weighted by atomic mass is 9.92. The van der Waals surface area contributed by atoms with Crippen LogP contribution in [0.3, 0.4) is 0 Å². The summed E-state index contributed by atoms with van der Waals surface area (Å²) in [4.78, 5) is 38.9. The molecule has 1 aliphatic rings. The molecule has 7 nitrogen and oxygen atoms in total. The minimum Gasteiger partial charge on any atom is -0.466 e. The molecule has 3 amide bonds. The van der Waals surface area contributed by atoms with E-state index >= 15 is 0 Å². The topological polar surface area (TPSA) is 87.7 Å². The highest BCUT2D eigenvalue weighted by atomic mass is 16.5. The minimum atomic E-state index is -0.609. The molecule has 1 aliphatic heterocycles. The standard InChI is InChI=1S/C23H33N3O4/c1-7-8-13-26-15(2)19(21(28)30-6)20(25-22(26)29)16-9-11-17(12-10-16)24-18(27)14-23(3,4)5/h9-12,20H,7-8,13-14H2,1-6H3,(H,24,27)(H,25,29)/t20-/m0/s1. The SMILES string of the molecule is CCCCN1C(=O)N[C@@H](c2ccc(NC(=O)CC(C)(C)C)cc2)C(C(=O)OC)=C1C. The number of amides is 3.